The van der Waals surface area contributed by atoms with Crippen LogP contribution in [0.15, 0.2) is 50.6 Å². The minimum Gasteiger partial charge on any atom is -0.506 e. The van der Waals surface area contributed by atoms with Gasteiger partial charge in [-0.1, -0.05) is 13.8 Å². The highest BCUT2D eigenvalue weighted by Crippen LogP contribution is 2.33. The van der Waals surface area contributed by atoms with Crippen LogP contribution in [0.25, 0.3) is 11.0 Å². The smallest absolute Gasteiger partial charge is 0.407 e. The highest BCUT2D eigenvalue weighted by Gasteiger charge is 2.31. The van der Waals surface area contributed by atoms with Crippen molar-refractivity contribution in [2.24, 2.45) is 10.3 Å². The van der Waals surface area contributed by atoms with E-state index in [1.54, 1.807) is 32.9 Å². The standard InChI is InChI=1S/C27H35N7O8S2/c1-16(2)10-14-34-24-18(7-6-11-28-24)22(35)21(25(34)36)23-31-19-9-8-17(15-20(19)43(38,39)33-23)32-44(40,41)30-13-12-29-26(37)42-27(3,4)5/h6-9,11,15-16,30,32,35H,10,12-14H2,1-5H3,(H,29,37)(H,31,33). The van der Waals surface area contributed by atoms with E-state index in [2.05, 4.69) is 29.5 Å². The number of carbonyl (C=O) groups is 1. The van der Waals surface area contributed by atoms with Gasteiger partial charge in [0, 0.05) is 25.8 Å². The maximum Gasteiger partial charge on any atom is 0.407 e. The Hall–Kier alpha value is -4.22. The molecular formula is C27H35N7O8S2. The Bertz CT molecular complexity index is 1900. The molecule has 0 saturated carbocycles. The number of pyridine rings is 2. The van der Waals surface area contributed by atoms with E-state index in [1.165, 1.54) is 22.9 Å². The van der Waals surface area contributed by atoms with Crippen LogP contribution in [0.4, 0.5) is 16.2 Å². The van der Waals surface area contributed by atoms with E-state index in [1.807, 2.05) is 13.8 Å². The maximum absolute atomic E-state index is 13.6. The number of aromatic nitrogens is 2. The first kappa shape index (κ1) is 32.7. The molecule has 0 aliphatic carbocycles. The van der Waals surface area contributed by atoms with E-state index in [9.17, 15) is 31.5 Å². The lowest BCUT2D eigenvalue weighted by atomic mass is 10.1. The highest BCUT2D eigenvalue weighted by atomic mass is 32.2. The first-order chi connectivity index (χ1) is 20.5. The molecule has 0 radical (unpaired) electrons. The molecule has 2 aromatic heterocycles. The lowest BCUT2D eigenvalue weighted by Crippen LogP contribution is -2.39. The minimum atomic E-state index is -4.45. The summed E-state index contributed by atoms with van der Waals surface area (Å²) in [4.78, 5) is 29.2. The predicted octanol–water partition coefficient (Wildman–Crippen LogP) is 2.48. The SMILES string of the molecule is CC(C)CCn1c(=O)c(C2=NS(=O)(=O)c3cc(NS(=O)(=O)NCCNC(=O)OC(C)(C)C)ccc3N2)c(O)c2cccnc21. The molecule has 4 rings (SSSR count). The fourth-order valence-corrected chi connectivity index (χ4v) is 6.29. The second-order valence-corrected chi connectivity index (χ2v) is 14.5. The lowest BCUT2D eigenvalue weighted by Gasteiger charge is -2.21. The number of aryl methyl sites for hydroxylation is 1. The summed E-state index contributed by atoms with van der Waals surface area (Å²) in [6.45, 7) is 9.10. The number of alkyl carbamates (subject to hydrolysis) is 1. The Kier molecular flexibility index (Phi) is 9.22. The normalized spacial score (nSPS) is 14.5. The molecule has 1 amide bonds. The average Bonchev–Trinajstić information content (AvgIpc) is 2.90. The van der Waals surface area contributed by atoms with Crippen LogP contribution in [0.5, 0.6) is 5.75 Å². The van der Waals surface area contributed by atoms with Gasteiger partial charge in [0.1, 0.15) is 27.5 Å². The van der Waals surface area contributed by atoms with Gasteiger partial charge in [0.15, 0.2) is 5.84 Å². The number of amidine groups is 1. The molecule has 0 saturated heterocycles. The summed E-state index contributed by atoms with van der Waals surface area (Å²) in [6, 6.07) is 6.84. The van der Waals surface area contributed by atoms with Gasteiger partial charge in [0.25, 0.3) is 25.8 Å². The number of anilines is 2. The van der Waals surface area contributed by atoms with E-state index in [4.69, 9.17) is 4.74 Å². The predicted molar refractivity (Wildman–Crippen MR) is 166 cm³/mol. The van der Waals surface area contributed by atoms with Crippen molar-refractivity contribution < 1.29 is 31.5 Å². The second kappa shape index (κ2) is 12.4. The van der Waals surface area contributed by atoms with Crippen LogP contribution in [0.3, 0.4) is 0 Å². The average molecular weight is 650 g/mol. The molecule has 3 aromatic rings. The Morgan fingerprint density at radius 3 is 2.59 bits per heavy atom. The van der Waals surface area contributed by atoms with Crippen LogP contribution >= 0.6 is 0 Å². The topological polar surface area (TPSA) is 210 Å². The zero-order valence-electron chi connectivity index (χ0n) is 24.8. The molecule has 0 unspecified atom stereocenters. The van der Waals surface area contributed by atoms with E-state index in [0.29, 0.717) is 6.42 Å². The number of nitrogens with zero attached hydrogens (tertiary/aromatic N) is 3. The second-order valence-electron chi connectivity index (χ2n) is 11.4. The number of benzene rings is 1. The number of fused-ring (bicyclic) bond motifs is 2. The largest absolute Gasteiger partial charge is 0.506 e. The number of aromatic hydroxyl groups is 1. The van der Waals surface area contributed by atoms with Crippen LogP contribution in [0.2, 0.25) is 0 Å². The number of carbonyl (C=O) groups excluding carboxylic acids is 1. The maximum atomic E-state index is 13.6. The zero-order valence-corrected chi connectivity index (χ0v) is 26.5. The number of hydrogen-bond acceptors (Lipinski definition) is 10. The number of amides is 1. The van der Waals surface area contributed by atoms with Crippen molar-refractivity contribution in [3.8, 4) is 5.75 Å². The third-order valence-electron chi connectivity index (χ3n) is 6.22. The molecule has 238 valence electrons. The van der Waals surface area contributed by atoms with Gasteiger partial charge in [-0.05, 0) is 63.4 Å². The van der Waals surface area contributed by atoms with Crippen molar-refractivity contribution in [2.75, 3.05) is 23.1 Å². The molecule has 1 aliphatic rings. The van der Waals surface area contributed by atoms with Crippen molar-refractivity contribution in [3.05, 3.63) is 52.4 Å². The van der Waals surface area contributed by atoms with Gasteiger partial charge in [0.2, 0.25) is 0 Å². The molecule has 0 fully saturated rings. The quantitative estimate of drug-likeness (QED) is 0.203. The Morgan fingerprint density at radius 2 is 1.91 bits per heavy atom. The summed E-state index contributed by atoms with van der Waals surface area (Å²) in [7, 11) is -8.61. The van der Waals surface area contributed by atoms with Gasteiger partial charge in [0.05, 0.1) is 16.8 Å². The van der Waals surface area contributed by atoms with Gasteiger partial charge in [-0.2, -0.15) is 21.6 Å². The van der Waals surface area contributed by atoms with Crippen LogP contribution < -0.4 is 25.6 Å². The van der Waals surface area contributed by atoms with Crippen molar-refractivity contribution >= 4 is 54.6 Å². The first-order valence-corrected chi connectivity index (χ1v) is 16.6. The number of rotatable bonds is 10. The van der Waals surface area contributed by atoms with Crippen molar-refractivity contribution in [1.29, 1.82) is 0 Å². The zero-order chi connectivity index (χ0) is 32.4. The summed E-state index contributed by atoms with van der Waals surface area (Å²) in [5.74, 6) is -0.594. The van der Waals surface area contributed by atoms with Crippen molar-refractivity contribution in [2.45, 2.75) is 58.1 Å². The summed E-state index contributed by atoms with van der Waals surface area (Å²) < 4.78 is 66.2. The first-order valence-electron chi connectivity index (χ1n) is 13.7. The summed E-state index contributed by atoms with van der Waals surface area (Å²) in [6.07, 6.45) is 1.41. The van der Waals surface area contributed by atoms with Crippen LogP contribution in [-0.2, 0) is 31.5 Å². The lowest BCUT2D eigenvalue weighted by molar-refractivity contribution is 0.0529. The molecular weight excluding hydrogens is 614 g/mol. The number of nitrogens with one attached hydrogen (secondary N) is 4. The molecule has 3 heterocycles. The Labute approximate surface area is 255 Å². The Morgan fingerprint density at radius 1 is 1.18 bits per heavy atom. The molecule has 5 N–H and O–H groups in total. The molecule has 15 nitrogen and oxygen atoms in total. The minimum absolute atomic E-state index is 0.0197. The number of hydrogen-bond donors (Lipinski definition) is 5. The summed E-state index contributed by atoms with van der Waals surface area (Å²) in [5.41, 5.74) is -1.53. The molecule has 1 aliphatic heterocycles. The van der Waals surface area contributed by atoms with Gasteiger partial charge in [-0.3, -0.25) is 14.1 Å². The van der Waals surface area contributed by atoms with Crippen LogP contribution in [0, 0.1) is 5.92 Å². The molecule has 0 bridgehead atoms. The van der Waals surface area contributed by atoms with Crippen LogP contribution in [-0.4, -0.2) is 62.1 Å². The molecule has 1 aromatic carbocycles. The number of ether oxygens (including phenoxy) is 1. The molecule has 17 heteroatoms. The van der Waals surface area contributed by atoms with Crippen LogP contribution in [0.1, 0.15) is 46.6 Å². The van der Waals surface area contributed by atoms with E-state index in [-0.39, 0.29) is 64.3 Å². The molecule has 0 atom stereocenters. The fraction of sp³-hybridized carbons (Fsp3) is 0.407. The summed E-state index contributed by atoms with van der Waals surface area (Å²) >= 11 is 0. The van der Waals surface area contributed by atoms with E-state index in [0.717, 1.165) is 6.07 Å². The summed E-state index contributed by atoms with van der Waals surface area (Å²) in [5, 5.41) is 16.5. The van der Waals surface area contributed by atoms with Gasteiger partial charge in [-0.25, -0.2) is 9.78 Å². The fourth-order valence-electron chi connectivity index (χ4n) is 4.26. The van der Waals surface area contributed by atoms with Gasteiger partial charge in [-0.15, -0.1) is 4.40 Å². The van der Waals surface area contributed by atoms with E-state index < -0.39 is 43.2 Å². The third kappa shape index (κ3) is 7.64. The Balaban J connectivity index is 1.57. The number of sulfonamides is 1. The van der Waals surface area contributed by atoms with Gasteiger partial charge >= 0.3 is 6.09 Å². The van der Waals surface area contributed by atoms with Crippen molar-refractivity contribution in [3.63, 3.8) is 0 Å². The molecule has 0 spiro atoms. The van der Waals surface area contributed by atoms with E-state index >= 15 is 0 Å². The van der Waals surface area contributed by atoms with Crippen molar-refractivity contribution in [1.82, 2.24) is 19.6 Å². The van der Waals surface area contributed by atoms with Gasteiger partial charge < -0.3 is 20.5 Å². The third-order valence-corrected chi connectivity index (χ3v) is 8.63. The molecule has 44 heavy (non-hydrogen) atoms. The highest BCUT2D eigenvalue weighted by molar-refractivity contribution is 7.91. The monoisotopic (exact) mass is 649 g/mol.